The van der Waals surface area contributed by atoms with E-state index in [0.29, 0.717) is 23.9 Å². The van der Waals surface area contributed by atoms with Crippen LogP contribution in [0, 0.1) is 11.8 Å². The molecule has 2 N–H and O–H groups in total. The van der Waals surface area contributed by atoms with Gasteiger partial charge in [0.15, 0.2) is 6.10 Å². The Morgan fingerprint density at radius 1 is 1.04 bits per heavy atom. The maximum atomic E-state index is 12.2. The standard InChI is InChI=1S/C16H29NO6/c1-11(6-7-14(18)19)8-12(2)16(22)23-13(9-15(20)21)10-17(3,4)5/h11-13H,6-10H2,1-5H3,(H-,18,19,20,21)/p+1. The highest BCUT2D eigenvalue weighted by atomic mass is 16.5. The molecule has 7 nitrogen and oxygen atoms in total. The van der Waals surface area contributed by atoms with E-state index in [0.717, 1.165) is 0 Å². The van der Waals surface area contributed by atoms with Crippen LogP contribution in [0.3, 0.4) is 0 Å². The molecule has 0 radical (unpaired) electrons. The number of aliphatic carboxylic acids is 2. The maximum absolute atomic E-state index is 12.2. The number of ether oxygens (including phenoxy) is 1. The number of carbonyl (C=O) groups is 3. The van der Waals surface area contributed by atoms with Crippen LogP contribution in [0.5, 0.6) is 0 Å². The molecule has 0 bridgehead atoms. The monoisotopic (exact) mass is 332 g/mol. The summed E-state index contributed by atoms with van der Waals surface area (Å²) in [6, 6.07) is 0. The number of esters is 1. The molecule has 0 aromatic carbocycles. The Hall–Kier alpha value is -1.63. The Bertz CT molecular complexity index is 415. The van der Waals surface area contributed by atoms with Gasteiger partial charge in [0.2, 0.25) is 0 Å². The number of likely N-dealkylation sites (N-methyl/N-ethyl adjacent to an activating group) is 1. The van der Waals surface area contributed by atoms with Crippen molar-refractivity contribution in [3.05, 3.63) is 0 Å². The first-order chi connectivity index (χ1) is 10.4. The third kappa shape index (κ3) is 11.6. The third-order valence-corrected chi connectivity index (χ3v) is 3.45. The highest BCUT2D eigenvalue weighted by Gasteiger charge is 2.27. The van der Waals surface area contributed by atoms with Crippen molar-refractivity contribution in [1.29, 1.82) is 0 Å². The third-order valence-electron chi connectivity index (χ3n) is 3.45. The molecule has 0 aliphatic rings. The van der Waals surface area contributed by atoms with Crippen molar-refractivity contribution in [2.24, 2.45) is 11.8 Å². The van der Waals surface area contributed by atoms with Gasteiger partial charge in [0.25, 0.3) is 0 Å². The Morgan fingerprint density at radius 2 is 1.61 bits per heavy atom. The molecule has 0 spiro atoms. The van der Waals surface area contributed by atoms with Crippen LogP contribution in [0.25, 0.3) is 0 Å². The van der Waals surface area contributed by atoms with Crippen LogP contribution >= 0.6 is 0 Å². The molecule has 0 heterocycles. The van der Waals surface area contributed by atoms with Crippen LogP contribution in [-0.4, -0.2) is 66.4 Å². The van der Waals surface area contributed by atoms with Crippen molar-refractivity contribution < 1.29 is 33.8 Å². The highest BCUT2D eigenvalue weighted by Crippen LogP contribution is 2.19. The van der Waals surface area contributed by atoms with Crippen LogP contribution in [-0.2, 0) is 19.1 Å². The van der Waals surface area contributed by atoms with Gasteiger partial charge in [0.1, 0.15) is 6.54 Å². The van der Waals surface area contributed by atoms with Gasteiger partial charge in [-0.1, -0.05) is 13.8 Å². The van der Waals surface area contributed by atoms with Gasteiger partial charge in [0.05, 0.1) is 33.5 Å². The first-order valence-corrected chi connectivity index (χ1v) is 7.85. The molecule has 0 saturated heterocycles. The second-order valence-electron chi connectivity index (χ2n) is 7.30. The molecule has 3 atom stereocenters. The van der Waals surface area contributed by atoms with Crippen molar-refractivity contribution in [2.45, 2.75) is 45.6 Å². The number of nitrogens with zero attached hydrogens (tertiary/aromatic N) is 1. The molecule has 0 aromatic rings. The summed E-state index contributed by atoms with van der Waals surface area (Å²) in [4.78, 5) is 33.6. The summed E-state index contributed by atoms with van der Waals surface area (Å²) in [5.74, 6) is -2.57. The molecule has 0 amide bonds. The predicted molar refractivity (Wildman–Crippen MR) is 84.8 cm³/mol. The summed E-state index contributed by atoms with van der Waals surface area (Å²) < 4.78 is 5.87. The first-order valence-electron chi connectivity index (χ1n) is 7.85. The number of carbonyl (C=O) groups excluding carboxylic acids is 1. The Morgan fingerprint density at radius 3 is 2.04 bits per heavy atom. The van der Waals surface area contributed by atoms with Crippen molar-refractivity contribution in [3.8, 4) is 0 Å². The van der Waals surface area contributed by atoms with Gasteiger partial charge in [-0.15, -0.1) is 0 Å². The van der Waals surface area contributed by atoms with Crippen LogP contribution < -0.4 is 0 Å². The minimum atomic E-state index is -1.00. The van der Waals surface area contributed by atoms with E-state index >= 15 is 0 Å². The van der Waals surface area contributed by atoms with E-state index in [1.54, 1.807) is 6.92 Å². The highest BCUT2D eigenvalue weighted by molar-refractivity contribution is 5.73. The smallest absolute Gasteiger partial charge is 0.309 e. The molecule has 0 aliphatic heterocycles. The zero-order chi connectivity index (χ0) is 18.2. The summed E-state index contributed by atoms with van der Waals surface area (Å²) in [5, 5.41) is 17.6. The zero-order valence-corrected chi connectivity index (χ0v) is 14.7. The quantitative estimate of drug-likeness (QED) is 0.440. The largest absolute Gasteiger partial charge is 0.481 e. The fraction of sp³-hybridized carbons (Fsp3) is 0.812. The van der Waals surface area contributed by atoms with Gasteiger partial charge < -0.3 is 19.4 Å². The molecule has 0 aliphatic carbocycles. The van der Waals surface area contributed by atoms with Crippen molar-refractivity contribution >= 4 is 17.9 Å². The van der Waals surface area contributed by atoms with Crippen LogP contribution in [0.4, 0.5) is 0 Å². The summed E-state index contributed by atoms with van der Waals surface area (Å²) in [7, 11) is 5.71. The van der Waals surface area contributed by atoms with E-state index in [2.05, 4.69) is 0 Å². The lowest BCUT2D eigenvalue weighted by Crippen LogP contribution is -2.44. The number of hydrogen-bond acceptors (Lipinski definition) is 4. The molecule has 134 valence electrons. The molecular formula is C16H30NO6+. The molecule has 0 rings (SSSR count). The van der Waals surface area contributed by atoms with Crippen molar-refractivity contribution in [1.82, 2.24) is 0 Å². The number of carboxylic acids is 2. The van der Waals surface area contributed by atoms with Gasteiger partial charge in [-0.05, 0) is 18.8 Å². The second-order valence-corrected chi connectivity index (χ2v) is 7.30. The number of carboxylic acid groups (broad SMARTS) is 2. The minimum absolute atomic E-state index is 0.0755. The Labute approximate surface area is 137 Å². The summed E-state index contributed by atoms with van der Waals surface area (Å²) in [6.07, 6.45) is 0.215. The van der Waals surface area contributed by atoms with E-state index in [1.807, 2.05) is 28.1 Å². The molecule has 7 heteroatoms. The lowest BCUT2D eigenvalue weighted by atomic mass is 9.93. The average Bonchev–Trinajstić information content (AvgIpc) is 2.33. The lowest BCUT2D eigenvalue weighted by Gasteiger charge is -2.29. The van der Waals surface area contributed by atoms with Gasteiger partial charge in [-0.25, -0.2) is 0 Å². The fourth-order valence-electron chi connectivity index (χ4n) is 2.42. The normalized spacial score (nSPS) is 15.5. The van der Waals surface area contributed by atoms with Gasteiger partial charge in [-0.3, -0.25) is 14.4 Å². The van der Waals surface area contributed by atoms with E-state index in [9.17, 15) is 14.4 Å². The van der Waals surface area contributed by atoms with Crippen molar-refractivity contribution in [3.63, 3.8) is 0 Å². The van der Waals surface area contributed by atoms with Crippen LogP contribution in [0.15, 0.2) is 0 Å². The Balaban J connectivity index is 4.53. The van der Waals surface area contributed by atoms with E-state index in [1.165, 1.54) is 0 Å². The van der Waals surface area contributed by atoms with Crippen molar-refractivity contribution in [2.75, 3.05) is 27.7 Å². The fourth-order valence-corrected chi connectivity index (χ4v) is 2.42. The zero-order valence-electron chi connectivity index (χ0n) is 14.7. The molecule has 3 unspecified atom stereocenters. The molecule has 23 heavy (non-hydrogen) atoms. The van der Waals surface area contributed by atoms with E-state index in [4.69, 9.17) is 14.9 Å². The molecular weight excluding hydrogens is 302 g/mol. The molecule has 0 aromatic heterocycles. The maximum Gasteiger partial charge on any atom is 0.309 e. The molecule has 0 fully saturated rings. The summed E-state index contributed by atoms with van der Waals surface area (Å²) in [6.45, 7) is 4.04. The Kier molecular flexibility index (Phi) is 8.82. The number of rotatable bonds is 11. The minimum Gasteiger partial charge on any atom is -0.481 e. The van der Waals surface area contributed by atoms with Gasteiger partial charge in [-0.2, -0.15) is 0 Å². The average molecular weight is 332 g/mol. The SMILES string of the molecule is CC(CCC(=O)O)CC(C)C(=O)OC(CC(=O)O)C[N+](C)(C)C. The molecule has 0 saturated carbocycles. The summed E-state index contributed by atoms with van der Waals surface area (Å²) in [5.41, 5.74) is 0. The van der Waals surface area contributed by atoms with Crippen LogP contribution in [0.2, 0.25) is 0 Å². The van der Waals surface area contributed by atoms with Gasteiger partial charge in [0, 0.05) is 6.42 Å². The number of hydrogen-bond donors (Lipinski definition) is 2. The summed E-state index contributed by atoms with van der Waals surface area (Å²) >= 11 is 0. The van der Waals surface area contributed by atoms with E-state index in [-0.39, 0.29) is 24.7 Å². The van der Waals surface area contributed by atoms with Crippen LogP contribution in [0.1, 0.15) is 39.5 Å². The topological polar surface area (TPSA) is 101 Å². The lowest BCUT2D eigenvalue weighted by molar-refractivity contribution is -0.873. The first kappa shape index (κ1) is 21.4. The second kappa shape index (κ2) is 9.50. The van der Waals surface area contributed by atoms with Gasteiger partial charge >= 0.3 is 17.9 Å². The number of quaternary nitrogens is 1. The van der Waals surface area contributed by atoms with E-state index < -0.39 is 24.0 Å². The predicted octanol–water partition coefficient (Wildman–Crippen LogP) is 1.61.